The number of benzene rings is 1. The maximum atomic E-state index is 11.9. The van der Waals surface area contributed by atoms with E-state index < -0.39 is 17.9 Å². The number of aliphatic hydroxyl groups excluding tert-OH is 1. The highest BCUT2D eigenvalue weighted by atomic mass is 16.3. The van der Waals surface area contributed by atoms with Crippen molar-refractivity contribution in [3.05, 3.63) is 59.5 Å². The van der Waals surface area contributed by atoms with Gasteiger partial charge in [0.25, 0.3) is 11.8 Å². The molecular formula is C22H19N5O3. The van der Waals surface area contributed by atoms with Gasteiger partial charge in [-0.2, -0.15) is 5.26 Å². The van der Waals surface area contributed by atoms with E-state index in [0.717, 1.165) is 0 Å². The fraction of sp³-hybridized carbons (Fsp3) is 0.182. The number of aliphatic hydroxyl groups is 1. The van der Waals surface area contributed by atoms with Gasteiger partial charge in [0.05, 0.1) is 22.8 Å². The van der Waals surface area contributed by atoms with Crippen molar-refractivity contribution in [2.45, 2.75) is 13.0 Å². The minimum absolute atomic E-state index is 0.0459. The number of pyridine rings is 1. The molecule has 0 bridgehead atoms. The molecule has 2 aromatic heterocycles. The van der Waals surface area contributed by atoms with E-state index in [2.05, 4.69) is 22.9 Å². The second-order valence-corrected chi connectivity index (χ2v) is 6.54. The standard InChI is InChI=1S/C22H19N5O3/c1-3-26(2)22(30)18(28)8-7-14-5-4-6-16(11-14)19-17-12-15(13-23)9-10-27(17)21(25-19)20(24)29/h4-6,9-12,18,28H,3H2,1-2H3,(H2,24,29). The fourth-order valence-corrected chi connectivity index (χ4v) is 2.86. The highest BCUT2D eigenvalue weighted by molar-refractivity contribution is 5.93. The van der Waals surface area contributed by atoms with Crippen molar-refractivity contribution in [2.24, 2.45) is 5.73 Å². The Morgan fingerprint density at radius 2 is 2.07 bits per heavy atom. The highest BCUT2D eigenvalue weighted by Crippen LogP contribution is 2.26. The molecule has 8 nitrogen and oxygen atoms in total. The first-order valence-electron chi connectivity index (χ1n) is 9.12. The minimum Gasteiger partial charge on any atom is -0.372 e. The van der Waals surface area contributed by atoms with Crippen LogP contribution in [0.25, 0.3) is 16.8 Å². The molecule has 3 N–H and O–H groups in total. The lowest BCUT2D eigenvalue weighted by Gasteiger charge is -2.15. The van der Waals surface area contributed by atoms with Gasteiger partial charge < -0.3 is 15.7 Å². The number of carbonyl (C=O) groups excluding carboxylic acids is 2. The van der Waals surface area contributed by atoms with Crippen LogP contribution in [-0.4, -0.2) is 50.9 Å². The Balaban J connectivity index is 2.04. The van der Waals surface area contributed by atoms with Crippen molar-refractivity contribution in [1.82, 2.24) is 14.3 Å². The predicted molar refractivity (Wildman–Crippen MR) is 110 cm³/mol. The summed E-state index contributed by atoms with van der Waals surface area (Å²) in [4.78, 5) is 29.5. The Morgan fingerprint density at radius 1 is 1.30 bits per heavy atom. The minimum atomic E-state index is -1.42. The Hall–Kier alpha value is -4.14. The summed E-state index contributed by atoms with van der Waals surface area (Å²) in [6, 6.07) is 12.2. The fourth-order valence-electron chi connectivity index (χ4n) is 2.86. The first-order valence-corrected chi connectivity index (χ1v) is 9.12. The second kappa shape index (κ2) is 8.48. The van der Waals surface area contributed by atoms with Crippen LogP contribution in [0.15, 0.2) is 42.6 Å². The molecule has 0 spiro atoms. The Bertz CT molecular complexity index is 1240. The molecule has 0 aliphatic carbocycles. The number of nitrogens with zero attached hydrogens (tertiary/aromatic N) is 4. The van der Waals surface area contributed by atoms with Crippen LogP contribution in [-0.2, 0) is 4.79 Å². The van der Waals surface area contributed by atoms with Gasteiger partial charge in [-0.15, -0.1) is 0 Å². The number of amides is 2. The second-order valence-electron chi connectivity index (χ2n) is 6.54. The number of primary amides is 1. The third kappa shape index (κ3) is 4.00. The van der Waals surface area contributed by atoms with Gasteiger partial charge in [-0.3, -0.25) is 14.0 Å². The first-order chi connectivity index (χ1) is 14.3. The van der Waals surface area contributed by atoms with Crippen LogP contribution < -0.4 is 5.73 Å². The number of imidazole rings is 1. The van der Waals surface area contributed by atoms with Gasteiger partial charge in [0, 0.05) is 30.9 Å². The van der Waals surface area contributed by atoms with Crippen molar-refractivity contribution >= 4 is 17.3 Å². The molecule has 3 aromatic rings. The van der Waals surface area contributed by atoms with Crippen molar-refractivity contribution in [3.63, 3.8) is 0 Å². The van der Waals surface area contributed by atoms with E-state index >= 15 is 0 Å². The van der Waals surface area contributed by atoms with E-state index in [9.17, 15) is 20.0 Å². The third-order valence-electron chi connectivity index (χ3n) is 4.57. The van der Waals surface area contributed by atoms with Crippen LogP contribution in [0.3, 0.4) is 0 Å². The van der Waals surface area contributed by atoms with Crippen molar-refractivity contribution in [3.8, 4) is 29.2 Å². The molecule has 0 fully saturated rings. The maximum Gasteiger partial charge on any atom is 0.285 e. The smallest absolute Gasteiger partial charge is 0.285 e. The summed E-state index contributed by atoms with van der Waals surface area (Å²) in [6.45, 7) is 2.27. The lowest BCUT2D eigenvalue weighted by molar-refractivity contribution is -0.135. The molecule has 1 atom stereocenters. The molecule has 1 unspecified atom stereocenters. The van der Waals surface area contributed by atoms with Crippen LogP contribution in [0, 0.1) is 23.2 Å². The van der Waals surface area contributed by atoms with E-state index in [1.54, 1.807) is 56.6 Å². The van der Waals surface area contributed by atoms with Gasteiger partial charge in [-0.25, -0.2) is 4.98 Å². The van der Waals surface area contributed by atoms with Crippen LogP contribution in [0.2, 0.25) is 0 Å². The van der Waals surface area contributed by atoms with Gasteiger partial charge in [0.15, 0.2) is 6.10 Å². The van der Waals surface area contributed by atoms with E-state index in [-0.39, 0.29) is 5.82 Å². The molecule has 2 heterocycles. The van der Waals surface area contributed by atoms with E-state index in [4.69, 9.17) is 5.73 Å². The lowest BCUT2D eigenvalue weighted by Crippen LogP contribution is -2.35. The third-order valence-corrected chi connectivity index (χ3v) is 4.57. The molecule has 0 aliphatic heterocycles. The molecule has 1 aromatic carbocycles. The summed E-state index contributed by atoms with van der Waals surface area (Å²) >= 11 is 0. The van der Waals surface area contributed by atoms with Crippen LogP contribution in [0.1, 0.15) is 28.7 Å². The highest BCUT2D eigenvalue weighted by Gasteiger charge is 2.18. The molecule has 0 saturated carbocycles. The number of carbonyl (C=O) groups is 2. The number of rotatable bonds is 4. The van der Waals surface area contributed by atoms with Crippen molar-refractivity contribution in [2.75, 3.05) is 13.6 Å². The summed E-state index contributed by atoms with van der Waals surface area (Å²) in [5.41, 5.74) is 8.07. The van der Waals surface area contributed by atoms with E-state index in [0.29, 0.717) is 34.4 Å². The summed E-state index contributed by atoms with van der Waals surface area (Å²) in [6.07, 6.45) is 0.145. The number of aromatic nitrogens is 2. The molecule has 0 saturated heterocycles. The molecule has 0 radical (unpaired) electrons. The maximum absolute atomic E-state index is 11.9. The van der Waals surface area contributed by atoms with Crippen molar-refractivity contribution < 1.29 is 14.7 Å². The Kier molecular flexibility index (Phi) is 5.82. The molecule has 0 aliphatic rings. The summed E-state index contributed by atoms with van der Waals surface area (Å²) < 4.78 is 1.53. The molecular weight excluding hydrogens is 382 g/mol. The van der Waals surface area contributed by atoms with Gasteiger partial charge in [0.2, 0.25) is 5.82 Å². The summed E-state index contributed by atoms with van der Waals surface area (Å²) in [7, 11) is 1.59. The van der Waals surface area contributed by atoms with Crippen molar-refractivity contribution in [1.29, 1.82) is 5.26 Å². The number of nitrogens with two attached hydrogens (primary N) is 1. The zero-order valence-electron chi connectivity index (χ0n) is 16.5. The van der Waals surface area contributed by atoms with Gasteiger partial charge in [-0.05, 0) is 31.2 Å². The molecule has 8 heteroatoms. The number of hydrogen-bond acceptors (Lipinski definition) is 5. The van der Waals surface area contributed by atoms with E-state index in [1.165, 1.54) is 9.30 Å². The number of fused-ring (bicyclic) bond motifs is 1. The molecule has 30 heavy (non-hydrogen) atoms. The zero-order chi connectivity index (χ0) is 21.8. The van der Waals surface area contributed by atoms with Crippen LogP contribution in [0.5, 0.6) is 0 Å². The summed E-state index contributed by atoms with van der Waals surface area (Å²) in [5.74, 6) is 4.21. The average Bonchev–Trinajstić information content (AvgIpc) is 3.15. The largest absolute Gasteiger partial charge is 0.372 e. The van der Waals surface area contributed by atoms with Gasteiger partial charge in [-0.1, -0.05) is 24.0 Å². The summed E-state index contributed by atoms with van der Waals surface area (Å²) in [5, 5.41) is 19.2. The van der Waals surface area contributed by atoms with E-state index in [1.807, 2.05) is 0 Å². The topological polar surface area (TPSA) is 125 Å². The Morgan fingerprint density at radius 3 is 2.73 bits per heavy atom. The number of nitriles is 1. The average molecular weight is 401 g/mol. The quantitative estimate of drug-likeness (QED) is 0.635. The number of likely N-dealkylation sites (N-methyl/N-ethyl adjacent to an activating group) is 1. The molecule has 3 rings (SSSR count). The normalized spacial score (nSPS) is 11.3. The predicted octanol–water partition coefficient (Wildman–Crippen LogP) is 1.16. The number of hydrogen-bond donors (Lipinski definition) is 2. The zero-order valence-corrected chi connectivity index (χ0v) is 16.5. The van der Waals surface area contributed by atoms with Gasteiger partial charge in [0.1, 0.15) is 0 Å². The van der Waals surface area contributed by atoms with Crippen LogP contribution >= 0.6 is 0 Å². The monoisotopic (exact) mass is 401 g/mol. The Labute approximate surface area is 173 Å². The van der Waals surface area contributed by atoms with Crippen LogP contribution in [0.4, 0.5) is 0 Å². The molecule has 2 amide bonds. The first kappa shape index (κ1) is 20.6. The SMILES string of the molecule is CCN(C)C(=O)C(O)C#Cc1cccc(-c2nc(C(N)=O)n3ccc(C#N)cc23)c1. The lowest BCUT2D eigenvalue weighted by atomic mass is 10.1. The van der Waals surface area contributed by atoms with Gasteiger partial charge >= 0.3 is 0 Å². The molecule has 150 valence electrons.